The Morgan fingerprint density at radius 2 is 1.69 bits per heavy atom. The van der Waals surface area contributed by atoms with Gasteiger partial charge in [0, 0.05) is 19.5 Å². The molecule has 49 heavy (non-hydrogen) atoms. The summed E-state index contributed by atoms with van der Waals surface area (Å²) in [4.78, 5) is 18.1. The molecule has 5 heterocycles. The van der Waals surface area contributed by atoms with Crippen LogP contribution in [0, 0.1) is 5.82 Å². The van der Waals surface area contributed by atoms with Crippen LogP contribution in [0.25, 0.3) is 10.9 Å². The van der Waals surface area contributed by atoms with Crippen LogP contribution in [0.2, 0.25) is 10.2 Å². The van der Waals surface area contributed by atoms with E-state index in [0.717, 1.165) is 32.2 Å². The molecule has 0 amide bonds. The van der Waals surface area contributed by atoms with E-state index in [4.69, 9.17) is 30.5 Å². The fourth-order valence-corrected chi connectivity index (χ4v) is 13.3. The number of hydrogen-bond acceptors (Lipinski definition) is 8. The van der Waals surface area contributed by atoms with E-state index in [1.54, 1.807) is 0 Å². The van der Waals surface area contributed by atoms with E-state index < -0.39 is 25.8 Å². The van der Waals surface area contributed by atoms with Crippen molar-refractivity contribution in [1.82, 2.24) is 19.9 Å². The van der Waals surface area contributed by atoms with E-state index in [1.165, 1.54) is 10.4 Å². The molecule has 258 valence electrons. The average Bonchev–Trinajstić information content (AvgIpc) is 3.70. The zero-order valence-electron chi connectivity index (χ0n) is 28.2. The summed E-state index contributed by atoms with van der Waals surface area (Å²) >= 11 is 6.29. The van der Waals surface area contributed by atoms with Crippen molar-refractivity contribution >= 4 is 47.0 Å². The van der Waals surface area contributed by atoms with E-state index in [0.29, 0.717) is 43.9 Å². The van der Waals surface area contributed by atoms with Crippen LogP contribution in [0.1, 0.15) is 52.9 Å². The lowest BCUT2D eigenvalue weighted by Crippen LogP contribution is -2.67. The molecule has 4 aromatic rings. The Bertz CT molecular complexity index is 1820. The maximum absolute atomic E-state index is 15.8. The second-order valence-electron chi connectivity index (χ2n) is 15.1. The molecular weight excluding hydrogens is 664 g/mol. The molecule has 2 saturated heterocycles. The van der Waals surface area contributed by atoms with Crippen molar-refractivity contribution in [3.8, 4) is 11.9 Å². The quantitative estimate of drug-likeness (QED) is 0.153. The Kier molecular flexibility index (Phi) is 8.13. The van der Waals surface area contributed by atoms with Crippen LogP contribution in [0.4, 0.5) is 14.6 Å². The SMILES string of the molecule is CC(C)(C)[Si](OCCN1c2nc(OC[C@@]34CCCN3C[C@H](F)C4)nc3c(F)c(Cl)nc(c23)OCC12CC2)(c1ccccc1)c1ccccc1. The molecule has 1 saturated carbocycles. The number of alkyl halides is 1. The number of benzene rings is 2. The molecular formula is C37H42ClF2N5O3Si. The lowest BCUT2D eigenvalue weighted by molar-refractivity contribution is 0.107. The van der Waals surface area contributed by atoms with Gasteiger partial charge >= 0.3 is 6.01 Å². The van der Waals surface area contributed by atoms with Gasteiger partial charge in [-0.05, 0) is 47.6 Å². The van der Waals surface area contributed by atoms with Gasteiger partial charge in [-0.2, -0.15) is 15.0 Å². The van der Waals surface area contributed by atoms with Gasteiger partial charge in [-0.15, -0.1) is 0 Å². The Balaban J connectivity index is 1.17. The normalized spacial score (nSPS) is 23.1. The number of fused-ring (bicyclic) bond motifs is 1. The topological polar surface area (TPSA) is 72.8 Å². The number of nitrogens with zero attached hydrogens (tertiary/aromatic N) is 5. The fourth-order valence-electron chi connectivity index (χ4n) is 8.55. The molecule has 0 bridgehead atoms. The lowest BCUT2D eigenvalue weighted by Gasteiger charge is -2.43. The zero-order chi connectivity index (χ0) is 34.0. The monoisotopic (exact) mass is 705 g/mol. The van der Waals surface area contributed by atoms with Crippen molar-refractivity contribution in [2.45, 2.75) is 75.2 Å². The minimum absolute atomic E-state index is 0.00108. The highest BCUT2D eigenvalue weighted by atomic mass is 35.5. The summed E-state index contributed by atoms with van der Waals surface area (Å²) in [6, 6.07) is 21.1. The van der Waals surface area contributed by atoms with Crippen molar-refractivity contribution in [3.63, 3.8) is 0 Å². The van der Waals surface area contributed by atoms with Gasteiger partial charge in [0.1, 0.15) is 36.1 Å². The maximum atomic E-state index is 15.8. The number of anilines is 1. The van der Waals surface area contributed by atoms with Gasteiger partial charge in [0.05, 0.1) is 17.7 Å². The van der Waals surface area contributed by atoms with Crippen molar-refractivity contribution in [1.29, 1.82) is 0 Å². The summed E-state index contributed by atoms with van der Waals surface area (Å²) in [5.74, 6) is -0.0472. The van der Waals surface area contributed by atoms with Gasteiger partial charge in [0.2, 0.25) is 5.88 Å². The van der Waals surface area contributed by atoms with Crippen LogP contribution in [0.15, 0.2) is 60.7 Å². The second-order valence-corrected chi connectivity index (χ2v) is 19.8. The Hall–Kier alpha value is -3.38. The fraction of sp³-hybridized carbons (Fsp3) is 0.486. The van der Waals surface area contributed by atoms with Crippen LogP contribution < -0.4 is 24.7 Å². The molecule has 12 heteroatoms. The van der Waals surface area contributed by atoms with Gasteiger partial charge < -0.3 is 18.8 Å². The predicted molar refractivity (Wildman–Crippen MR) is 189 cm³/mol. The summed E-state index contributed by atoms with van der Waals surface area (Å²) in [6.45, 7) is 9.46. The van der Waals surface area contributed by atoms with E-state index in [9.17, 15) is 4.39 Å². The van der Waals surface area contributed by atoms with Crippen molar-refractivity contribution in [2.24, 2.45) is 0 Å². The van der Waals surface area contributed by atoms with E-state index in [1.807, 2.05) is 12.1 Å². The third-order valence-corrected chi connectivity index (χ3v) is 16.4. The minimum atomic E-state index is -2.82. The summed E-state index contributed by atoms with van der Waals surface area (Å²) in [5.41, 5.74) is -0.776. The van der Waals surface area contributed by atoms with Gasteiger partial charge in [0.25, 0.3) is 8.32 Å². The van der Waals surface area contributed by atoms with Gasteiger partial charge in [-0.25, -0.2) is 8.78 Å². The third kappa shape index (κ3) is 5.48. The highest BCUT2D eigenvalue weighted by molar-refractivity contribution is 6.99. The van der Waals surface area contributed by atoms with Gasteiger partial charge in [-0.3, -0.25) is 4.90 Å². The number of rotatable bonds is 9. The van der Waals surface area contributed by atoms with E-state index >= 15 is 4.39 Å². The van der Waals surface area contributed by atoms with Crippen molar-refractivity contribution < 1.29 is 22.7 Å². The van der Waals surface area contributed by atoms with Crippen LogP contribution >= 0.6 is 11.6 Å². The first-order chi connectivity index (χ1) is 23.6. The van der Waals surface area contributed by atoms with Crippen LogP contribution in [-0.4, -0.2) is 84.9 Å². The van der Waals surface area contributed by atoms with Crippen LogP contribution in [0.3, 0.4) is 0 Å². The Morgan fingerprint density at radius 1 is 1.00 bits per heavy atom. The lowest BCUT2D eigenvalue weighted by atomic mass is 9.95. The van der Waals surface area contributed by atoms with Crippen molar-refractivity contribution in [2.75, 3.05) is 44.4 Å². The standard InChI is InChI=1S/C37H42ClF2N5O3Si/c1-35(2,3)49(26-11-6-4-7-12-26,27-13-8-5-9-14-27)48-20-19-45-32-28-30(29(40)31(38)42-33(28)46-23-36(45)16-17-36)41-34(43-32)47-24-37-15-10-18-44(37)22-25(39)21-37/h4-9,11-14,25H,10,15-24H2,1-3H3/t25-,37+/m1/s1. The molecule has 8 nitrogen and oxygen atoms in total. The number of aromatic nitrogens is 3. The zero-order valence-corrected chi connectivity index (χ0v) is 30.0. The number of halogens is 3. The molecule has 8 rings (SSSR count). The Morgan fingerprint density at radius 3 is 2.35 bits per heavy atom. The summed E-state index contributed by atoms with van der Waals surface area (Å²) in [6.07, 6.45) is 3.07. The first kappa shape index (κ1) is 32.8. The van der Waals surface area contributed by atoms with Crippen LogP contribution in [-0.2, 0) is 4.43 Å². The Labute approximate surface area is 291 Å². The smallest absolute Gasteiger partial charge is 0.319 e. The molecule has 2 atom stereocenters. The molecule has 2 aromatic heterocycles. The molecule has 3 aliphatic heterocycles. The largest absolute Gasteiger partial charge is 0.475 e. The molecule has 0 N–H and O–H groups in total. The molecule has 1 aliphatic carbocycles. The summed E-state index contributed by atoms with van der Waals surface area (Å²) in [5, 5.41) is 2.25. The van der Waals surface area contributed by atoms with Crippen LogP contribution in [0.5, 0.6) is 11.9 Å². The third-order valence-electron chi connectivity index (χ3n) is 11.1. The highest BCUT2D eigenvalue weighted by Gasteiger charge is 2.54. The van der Waals surface area contributed by atoms with Gasteiger partial charge in [-0.1, -0.05) is 93.0 Å². The second kappa shape index (κ2) is 12.1. The minimum Gasteiger partial charge on any atom is -0.475 e. The first-order valence-electron chi connectivity index (χ1n) is 17.3. The molecule has 0 unspecified atom stereocenters. The molecule has 1 spiro atoms. The maximum Gasteiger partial charge on any atom is 0.319 e. The average molecular weight is 706 g/mol. The molecule has 0 radical (unpaired) electrons. The number of ether oxygens (including phenoxy) is 2. The van der Waals surface area contributed by atoms with Crippen molar-refractivity contribution in [3.05, 3.63) is 71.6 Å². The molecule has 3 fully saturated rings. The number of hydrogen-bond donors (Lipinski definition) is 0. The summed E-state index contributed by atoms with van der Waals surface area (Å²) < 4.78 is 50.2. The number of pyridine rings is 1. The van der Waals surface area contributed by atoms with E-state index in [2.05, 4.69) is 89.1 Å². The highest BCUT2D eigenvalue weighted by Crippen LogP contribution is 2.50. The molecule has 4 aliphatic rings. The van der Waals surface area contributed by atoms with Gasteiger partial charge in [0.15, 0.2) is 11.0 Å². The summed E-state index contributed by atoms with van der Waals surface area (Å²) in [7, 11) is -2.82. The predicted octanol–water partition coefficient (Wildman–Crippen LogP) is 6.08. The molecule has 2 aromatic carbocycles. The first-order valence-corrected chi connectivity index (χ1v) is 19.6. The van der Waals surface area contributed by atoms with E-state index in [-0.39, 0.29) is 39.7 Å².